The number of rotatable bonds is 0. The number of carboxylic acid groups (broad SMARTS) is 2. The number of hydrogen-bond donors (Lipinski definition) is 5. The maximum atomic E-state index is 9.90. The summed E-state index contributed by atoms with van der Waals surface area (Å²) in [5, 5.41) is 25.4. The number of nitrogens with zero attached hydrogens (tertiary/aromatic N) is 1. The van der Waals surface area contributed by atoms with E-state index in [9.17, 15) is 9.59 Å². The van der Waals surface area contributed by atoms with Crippen LogP contribution in [-0.4, -0.2) is 38.6 Å². The van der Waals surface area contributed by atoms with E-state index in [1.807, 2.05) is 25.1 Å². The van der Waals surface area contributed by atoms with Crippen LogP contribution in [0.3, 0.4) is 0 Å². The highest BCUT2D eigenvalue weighted by atomic mass is 16.5. The van der Waals surface area contributed by atoms with Gasteiger partial charge in [-0.15, -0.1) is 0 Å². The van der Waals surface area contributed by atoms with Crippen molar-refractivity contribution in [1.82, 2.24) is 15.8 Å². The molecule has 9 nitrogen and oxygen atoms in total. The molecule has 2 amide bonds. The van der Waals surface area contributed by atoms with Gasteiger partial charge in [0.25, 0.3) is 0 Å². The molecule has 2 aromatic rings. The molecule has 27 heavy (non-hydrogen) atoms. The van der Waals surface area contributed by atoms with E-state index in [2.05, 4.69) is 15.8 Å². The fourth-order valence-corrected chi connectivity index (χ4v) is 1.71. The van der Waals surface area contributed by atoms with E-state index >= 15 is 0 Å². The van der Waals surface area contributed by atoms with Gasteiger partial charge in [0.1, 0.15) is 0 Å². The summed E-state index contributed by atoms with van der Waals surface area (Å²) in [5.41, 5.74) is 6.79. The van der Waals surface area contributed by atoms with Crippen LogP contribution in [0.5, 0.6) is 0 Å². The predicted octanol–water partition coefficient (Wildman–Crippen LogP) is 3.82. The summed E-state index contributed by atoms with van der Waals surface area (Å²) >= 11 is 0. The van der Waals surface area contributed by atoms with Gasteiger partial charge in [-0.3, -0.25) is 0 Å². The number of fused-ring (bicyclic) bond motifs is 1. The average Bonchev–Trinajstić information content (AvgIpc) is 2.75. The Labute approximate surface area is 158 Å². The number of anilines is 1. The molecule has 0 atom stereocenters. The molecule has 0 aliphatic rings. The second kappa shape index (κ2) is 9.65. The summed E-state index contributed by atoms with van der Waals surface area (Å²) in [5.74, 6) is 0.462. The van der Waals surface area contributed by atoms with Crippen LogP contribution in [0, 0.1) is 6.92 Å². The van der Waals surface area contributed by atoms with E-state index in [0.29, 0.717) is 5.82 Å². The van der Waals surface area contributed by atoms with Gasteiger partial charge in [-0.2, -0.15) is 0 Å². The first kappa shape index (κ1) is 24.0. The third-order valence-corrected chi connectivity index (χ3v) is 2.62. The molecule has 0 saturated carbocycles. The van der Waals surface area contributed by atoms with Crippen molar-refractivity contribution in [1.29, 1.82) is 0 Å². The zero-order valence-corrected chi connectivity index (χ0v) is 16.9. The highest BCUT2D eigenvalue weighted by molar-refractivity contribution is 5.87. The molecule has 9 heteroatoms. The lowest BCUT2D eigenvalue weighted by atomic mass is 10.1. The first-order valence-electron chi connectivity index (χ1n) is 8.24. The minimum atomic E-state index is -0.975. The number of nitrogen functional groups attached to an aromatic ring is 1. The molecule has 1 aromatic heterocycles. The zero-order chi connectivity index (χ0) is 21.4. The molecular formula is C18H30N4O5. The van der Waals surface area contributed by atoms with E-state index in [1.165, 1.54) is 0 Å². The van der Waals surface area contributed by atoms with Gasteiger partial charge in [0.2, 0.25) is 0 Å². The summed E-state index contributed by atoms with van der Waals surface area (Å²) in [4.78, 5) is 19.8. The molecule has 0 radical (unpaired) electrons. The molecular weight excluding hydrogens is 352 g/mol. The standard InChI is InChI=1S/C8H8N2O.2C5H11NO2/c1-5-2-3-7-6(4-5)8(9)10-11-7;2*1-5(2,3)6-4(7)8/h2-4H,1H3,(H2,9,10);2*6H,1-3H3,(H,7,8). The SMILES string of the molecule is CC(C)(C)NC(=O)O.CC(C)(C)NC(=O)O.Cc1ccc2onc(N)c2c1. The van der Waals surface area contributed by atoms with Gasteiger partial charge in [-0.05, 0) is 60.6 Å². The molecule has 0 fully saturated rings. The lowest BCUT2D eigenvalue weighted by Crippen LogP contribution is -2.39. The van der Waals surface area contributed by atoms with Crippen LogP contribution in [0.1, 0.15) is 47.1 Å². The number of aryl methyl sites for hydroxylation is 1. The van der Waals surface area contributed by atoms with Crippen molar-refractivity contribution < 1.29 is 24.3 Å². The summed E-state index contributed by atoms with van der Waals surface area (Å²) in [7, 11) is 0. The number of aromatic nitrogens is 1. The van der Waals surface area contributed by atoms with Crippen molar-refractivity contribution in [3.63, 3.8) is 0 Å². The second-order valence-electron chi connectivity index (χ2n) is 7.93. The first-order chi connectivity index (χ1) is 12.1. The van der Waals surface area contributed by atoms with E-state index in [-0.39, 0.29) is 11.1 Å². The number of carbonyl (C=O) groups is 2. The van der Waals surface area contributed by atoms with Crippen LogP contribution >= 0.6 is 0 Å². The molecule has 0 aliphatic carbocycles. The van der Waals surface area contributed by atoms with Crippen molar-refractivity contribution in [3.8, 4) is 0 Å². The van der Waals surface area contributed by atoms with Gasteiger partial charge in [0, 0.05) is 11.1 Å². The van der Waals surface area contributed by atoms with Crippen molar-refractivity contribution in [3.05, 3.63) is 23.8 Å². The van der Waals surface area contributed by atoms with Gasteiger partial charge >= 0.3 is 12.2 Å². The summed E-state index contributed by atoms with van der Waals surface area (Å²) in [6.07, 6.45) is -1.95. The lowest BCUT2D eigenvalue weighted by molar-refractivity contribution is 0.183. The van der Waals surface area contributed by atoms with Gasteiger partial charge in [0.15, 0.2) is 11.4 Å². The number of nitrogens with one attached hydrogen (secondary N) is 2. The summed E-state index contributed by atoms with van der Waals surface area (Å²) < 4.78 is 4.93. The minimum absolute atomic E-state index is 0.328. The van der Waals surface area contributed by atoms with Crippen molar-refractivity contribution in [2.24, 2.45) is 0 Å². The van der Waals surface area contributed by atoms with Gasteiger partial charge in [-0.1, -0.05) is 16.8 Å². The monoisotopic (exact) mass is 382 g/mol. The lowest BCUT2D eigenvalue weighted by Gasteiger charge is -2.16. The molecule has 6 N–H and O–H groups in total. The van der Waals surface area contributed by atoms with E-state index in [0.717, 1.165) is 16.5 Å². The Morgan fingerprint density at radius 2 is 1.44 bits per heavy atom. The zero-order valence-electron chi connectivity index (χ0n) is 16.9. The van der Waals surface area contributed by atoms with E-state index in [1.54, 1.807) is 41.5 Å². The highest BCUT2D eigenvalue weighted by Gasteiger charge is 2.11. The Morgan fingerprint density at radius 1 is 1.00 bits per heavy atom. The van der Waals surface area contributed by atoms with Crippen LogP contribution in [0.2, 0.25) is 0 Å². The largest absolute Gasteiger partial charge is 0.465 e. The normalized spacial score (nSPS) is 10.8. The van der Waals surface area contributed by atoms with Crippen LogP contribution in [0.4, 0.5) is 15.4 Å². The maximum Gasteiger partial charge on any atom is 0.405 e. The quantitative estimate of drug-likeness (QED) is 0.464. The number of benzene rings is 1. The topological polar surface area (TPSA) is 151 Å². The highest BCUT2D eigenvalue weighted by Crippen LogP contribution is 2.20. The third kappa shape index (κ3) is 12.1. The van der Waals surface area contributed by atoms with Crippen molar-refractivity contribution in [2.75, 3.05) is 5.73 Å². The second-order valence-corrected chi connectivity index (χ2v) is 7.93. The van der Waals surface area contributed by atoms with Gasteiger partial charge in [-0.25, -0.2) is 9.59 Å². The number of amides is 2. The molecule has 0 spiro atoms. The smallest absolute Gasteiger partial charge is 0.405 e. The molecule has 0 aliphatic heterocycles. The van der Waals surface area contributed by atoms with E-state index in [4.69, 9.17) is 20.5 Å². The van der Waals surface area contributed by atoms with Gasteiger partial charge in [0.05, 0.1) is 5.39 Å². The summed E-state index contributed by atoms with van der Waals surface area (Å²) in [6, 6.07) is 5.79. The first-order valence-corrected chi connectivity index (χ1v) is 8.24. The Morgan fingerprint density at radius 3 is 1.78 bits per heavy atom. The van der Waals surface area contributed by atoms with Crippen LogP contribution in [0.15, 0.2) is 22.7 Å². The summed E-state index contributed by atoms with van der Waals surface area (Å²) in [6.45, 7) is 12.8. The van der Waals surface area contributed by atoms with Gasteiger partial charge < -0.3 is 31.1 Å². The molecule has 0 bridgehead atoms. The van der Waals surface area contributed by atoms with Crippen molar-refractivity contribution >= 4 is 29.0 Å². The Hall–Kier alpha value is -2.97. The Kier molecular flexibility index (Phi) is 8.59. The fraction of sp³-hybridized carbons (Fsp3) is 0.500. The van der Waals surface area contributed by atoms with Crippen LogP contribution in [0.25, 0.3) is 11.0 Å². The molecule has 0 unspecified atom stereocenters. The van der Waals surface area contributed by atoms with Crippen molar-refractivity contribution in [2.45, 2.75) is 59.5 Å². The van der Waals surface area contributed by atoms with Crippen LogP contribution < -0.4 is 16.4 Å². The minimum Gasteiger partial charge on any atom is -0.465 e. The number of nitrogens with two attached hydrogens (primary N) is 1. The fourth-order valence-electron chi connectivity index (χ4n) is 1.71. The molecule has 2 rings (SSSR count). The van der Waals surface area contributed by atoms with E-state index < -0.39 is 12.2 Å². The maximum absolute atomic E-state index is 9.90. The Balaban J connectivity index is 0.000000387. The predicted molar refractivity (Wildman–Crippen MR) is 105 cm³/mol. The molecule has 152 valence electrons. The average molecular weight is 382 g/mol. The molecule has 0 saturated heterocycles. The Bertz CT molecular complexity index is 731. The van der Waals surface area contributed by atoms with Crippen LogP contribution in [-0.2, 0) is 0 Å². The molecule has 1 aromatic carbocycles. The third-order valence-electron chi connectivity index (χ3n) is 2.62. The molecule has 1 heterocycles. The number of hydrogen-bond acceptors (Lipinski definition) is 5.